The molecule has 5 heteroatoms. The Hall–Kier alpha value is 0.640. The summed E-state index contributed by atoms with van der Waals surface area (Å²) in [6, 6.07) is 0.635. The number of hydrogen-bond donors (Lipinski definition) is 0. The minimum absolute atomic E-state index is 0.635. The van der Waals surface area contributed by atoms with Gasteiger partial charge in [0.15, 0.2) is 11.0 Å². The van der Waals surface area contributed by atoms with E-state index in [1.54, 1.807) is 0 Å². The molecule has 72 valence electrons. The number of aryl methyl sites for hydroxylation is 1. The van der Waals surface area contributed by atoms with Crippen LogP contribution in [-0.2, 0) is 0 Å². The Balaban J connectivity index is 2.34. The molecule has 2 nitrogen and oxygen atoms in total. The van der Waals surface area contributed by atoms with Crippen LogP contribution in [0.2, 0.25) is 0 Å². The third-order valence-corrected chi connectivity index (χ3v) is 5.39. The van der Waals surface area contributed by atoms with E-state index in [-0.39, 0.29) is 0 Å². The van der Waals surface area contributed by atoms with Gasteiger partial charge in [0.2, 0.25) is 0 Å². The lowest BCUT2D eigenvalue weighted by atomic mass is 10.2. The average molecular weight is 327 g/mol. The van der Waals surface area contributed by atoms with Gasteiger partial charge < -0.3 is 0 Å². The molecule has 1 aliphatic heterocycles. The lowest BCUT2D eigenvalue weighted by Gasteiger charge is -2.01. The highest BCUT2D eigenvalue weighted by Crippen LogP contribution is 2.28. The van der Waals surface area contributed by atoms with Crippen LogP contribution in [0, 0.1) is 6.92 Å². The first-order valence-electron chi connectivity index (χ1n) is 4.39. The molecule has 1 atom stereocenters. The van der Waals surface area contributed by atoms with Crippen molar-refractivity contribution >= 4 is 45.7 Å². The van der Waals surface area contributed by atoms with Crippen LogP contribution in [0.15, 0.2) is 4.34 Å². The van der Waals surface area contributed by atoms with Crippen LogP contribution in [0.1, 0.15) is 23.9 Å². The molecule has 0 fully saturated rings. The maximum absolute atomic E-state index is 4.57. The first-order chi connectivity index (χ1) is 6.31. The van der Waals surface area contributed by atoms with Crippen molar-refractivity contribution in [1.29, 1.82) is 0 Å². The molecule has 0 saturated carbocycles. The van der Waals surface area contributed by atoms with Crippen LogP contribution in [0.5, 0.6) is 0 Å². The van der Waals surface area contributed by atoms with Gasteiger partial charge in [-0.2, -0.15) is 0 Å². The van der Waals surface area contributed by atoms with Gasteiger partial charge >= 0.3 is 4.34 Å². The van der Waals surface area contributed by atoms with Gasteiger partial charge in [0.25, 0.3) is 0 Å². The number of hydrogen-bond acceptors (Lipinski definition) is 3. The second kappa shape index (κ2) is 4.44. The summed E-state index contributed by atoms with van der Waals surface area (Å²) >= 11 is 6.26. The Kier molecular flexibility index (Phi) is 3.47. The molecule has 13 heavy (non-hydrogen) atoms. The molecule has 0 aromatic carbocycles. The van der Waals surface area contributed by atoms with E-state index in [0.29, 0.717) is 6.04 Å². The number of fused-ring (bicyclic) bond motifs is 1. The van der Waals surface area contributed by atoms with Crippen molar-refractivity contribution in [3.05, 3.63) is 5.01 Å². The van der Waals surface area contributed by atoms with Gasteiger partial charge in [-0.1, -0.05) is 27.3 Å². The zero-order chi connectivity index (χ0) is 9.26. The standard InChI is InChI=1S/C8H12IN2S2/c1-6-10-11-7(5-9)3-2-4-12-8(11)13-6/h7H,2-5H2,1H3/q+1. The van der Waals surface area contributed by atoms with E-state index in [1.807, 2.05) is 23.1 Å². The molecule has 0 saturated heterocycles. The second-order valence-corrected chi connectivity index (χ2v) is 6.53. The molecule has 0 bridgehead atoms. The molecule has 1 aromatic rings. The van der Waals surface area contributed by atoms with Crippen molar-refractivity contribution in [2.75, 3.05) is 10.2 Å². The molecule has 0 spiro atoms. The van der Waals surface area contributed by atoms with Gasteiger partial charge in [0.05, 0.1) is 4.43 Å². The van der Waals surface area contributed by atoms with Crippen LogP contribution >= 0.6 is 45.7 Å². The van der Waals surface area contributed by atoms with E-state index in [1.165, 1.54) is 32.4 Å². The molecule has 0 amide bonds. The Morgan fingerprint density at radius 3 is 3.31 bits per heavy atom. The average Bonchev–Trinajstić information content (AvgIpc) is 2.37. The number of nitrogens with zero attached hydrogens (tertiary/aromatic N) is 2. The Bertz CT molecular complexity index is 300. The Labute approximate surface area is 100 Å². The lowest BCUT2D eigenvalue weighted by Crippen LogP contribution is -2.43. The summed E-state index contributed by atoms with van der Waals surface area (Å²) in [5.41, 5.74) is 0. The van der Waals surface area contributed by atoms with Gasteiger partial charge in [-0.05, 0) is 36.4 Å². The van der Waals surface area contributed by atoms with E-state index in [9.17, 15) is 0 Å². The third kappa shape index (κ3) is 2.18. The molecule has 1 aliphatic rings. The highest BCUT2D eigenvalue weighted by molar-refractivity contribution is 14.1. The van der Waals surface area contributed by atoms with Gasteiger partial charge in [0, 0.05) is 17.3 Å². The second-order valence-electron chi connectivity index (χ2n) is 3.13. The summed E-state index contributed by atoms with van der Waals surface area (Å²) in [6.07, 6.45) is 2.62. The van der Waals surface area contributed by atoms with Crippen LogP contribution in [0.3, 0.4) is 0 Å². The predicted octanol–water partition coefficient (Wildman–Crippen LogP) is 2.60. The lowest BCUT2D eigenvalue weighted by molar-refractivity contribution is -0.799. The van der Waals surface area contributed by atoms with Crippen molar-refractivity contribution in [2.45, 2.75) is 30.1 Å². The maximum Gasteiger partial charge on any atom is 0.324 e. The zero-order valence-electron chi connectivity index (χ0n) is 7.49. The monoisotopic (exact) mass is 327 g/mol. The Morgan fingerprint density at radius 2 is 2.54 bits per heavy atom. The Morgan fingerprint density at radius 1 is 1.69 bits per heavy atom. The van der Waals surface area contributed by atoms with Crippen molar-refractivity contribution in [3.63, 3.8) is 0 Å². The minimum Gasteiger partial charge on any atom is -0.0790 e. The number of aromatic nitrogens is 2. The number of alkyl halides is 1. The van der Waals surface area contributed by atoms with Gasteiger partial charge in [-0.15, -0.1) is 0 Å². The van der Waals surface area contributed by atoms with E-state index >= 15 is 0 Å². The summed E-state index contributed by atoms with van der Waals surface area (Å²) < 4.78 is 4.82. The summed E-state index contributed by atoms with van der Waals surface area (Å²) in [7, 11) is 0. The van der Waals surface area contributed by atoms with E-state index in [4.69, 9.17) is 0 Å². The van der Waals surface area contributed by atoms with Crippen LogP contribution in [-0.4, -0.2) is 15.3 Å². The fourth-order valence-electron chi connectivity index (χ4n) is 1.46. The number of rotatable bonds is 1. The topological polar surface area (TPSA) is 16.8 Å². The fraction of sp³-hybridized carbons (Fsp3) is 0.750. The molecule has 0 radical (unpaired) electrons. The largest absolute Gasteiger partial charge is 0.324 e. The summed E-state index contributed by atoms with van der Waals surface area (Å²) in [5, 5.41) is 5.77. The van der Waals surface area contributed by atoms with Crippen molar-refractivity contribution in [1.82, 2.24) is 5.10 Å². The van der Waals surface area contributed by atoms with Crippen LogP contribution < -0.4 is 4.68 Å². The van der Waals surface area contributed by atoms with Crippen molar-refractivity contribution < 1.29 is 4.68 Å². The molecule has 2 rings (SSSR count). The predicted molar refractivity (Wildman–Crippen MR) is 64.9 cm³/mol. The zero-order valence-corrected chi connectivity index (χ0v) is 11.3. The van der Waals surface area contributed by atoms with E-state index in [2.05, 4.69) is 39.3 Å². The first-order valence-corrected chi connectivity index (χ1v) is 7.72. The molecule has 0 N–H and O–H groups in total. The molecular formula is C8H12IN2S2+. The van der Waals surface area contributed by atoms with Gasteiger partial charge in [0.1, 0.15) is 0 Å². The SMILES string of the molecule is Cc1n[n+]2c(s1)SCCCC2CI. The van der Waals surface area contributed by atoms with Crippen LogP contribution in [0.25, 0.3) is 0 Å². The highest BCUT2D eigenvalue weighted by Gasteiger charge is 2.29. The summed E-state index contributed by atoms with van der Waals surface area (Å²) in [4.78, 5) is 0. The molecule has 0 aliphatic carbocycles. The smallest absolute Gasteiger partial charge is 0.0790 e. The molecule has 2 heterocycles. The quantitative estimate of drug-likeness (QED) is 0.448. The summed E-state index contributed by atoms with van der Waals surface area (Å²) in [6.45, 7) is 2.09. The molecule has 1 aromatic heterocycles. The number of halogens is 1. The van der Waals surface area contributed by atoms with Crippen molar-refractivity contribution in [3.8, 4) is 0 Å². The van der Waals surface area contributed by atoms with Gasteiger partial charge in [-0.25, -0.2) is 0 Å². The number of thioether (sulfide) groups is 1. The minimum atomic E-state index is 0.635. The fourth-order valence-corrected chi connectivity index (χ4v) is 4.59. The van der Waals surface area contributed by atoms with Crippen LogP contribution in [0.4, 0.5) is 0 Å². The summed E-state index contributed by atoms with van der Waals surface area (Å²) in [5.74, 6) is 1.26. The molecule has 1 unspecified atom stereocenters. The van der Waals surface area contributed by atoms with Crippen molar-refractivity contribution in [2.24, 2.45) is 0 Å². The normalized spacial score (nSPS) is 22.5. The molecular weight excluding hydrogens is 315 g/mol. The first kappa shape index (κ1) is 10.2. The van der Waals surface area contributed by atoms with Gasteiger partial charge in [-0.3, -0.25) is 0 Å². The van der Waals surface area contributed by atoms with E-state index in [0.717, 1.165) is 0 Å². The van der Waals surface area contributed by atoms with E-state index < -0.39 is 0 Å². The highest BCUT2D eigenvalue weighted by atomic mass is 127. The third-order valence-electron chi connectivity index (χ3n) is 2.10. The maximum atomic E-state index is 4.57.